The van der Waals surface area contributed by atoms with Gasteiger partial charge < -0.3 is 14.7 Å². The molecule has 0 radical (unpaired) electrons. The van der Waals surface area contributed by atoms with Gasteiger partial charge in [-0.05, 0) is 24.1 Å². The SMILES string of the molecule is CCCC(NCC(=O)N(C)Cc1ccc(OC(F)F)cc1)C(=O)O.Cl. The minimum Gasteiger partial charge on any atom is -0.480 e. The van der Waals surface area contributed by atoms with Gasteiger partial charge in [0.25, 0.3) is 0 Å². The Labute approximate surface area is 151 Å². The number of carboxylic acid groups (broad SMARTS) is 1. The number of ether oxygens (including phenoxy) is 1. The molecule has 0 spiro atoms. The zero-order valence-electron chi connectivity index (χ0n) is 14.1. The molecule has 2 N–H and O–H groups in total. The second-order valence-corrected chi connectivity index (χ2v) is 5.33. The molecule has 1 rings (SSSR count). The first-order valence-corrected chi connectivity index (χ1v) is 7.57. The lowest BCUT2D eigenvalue weighted by Crippen LogP contribution is -2.43. The van der Waals surface area contributed by atoms with E-state index < -0.39 is 18.6 Å². The Balaban J connectivity index is 0.00000576. The van der Waals surface area contributed by atoms with E-state index in [1.807, 2.05) is 6.92 Å². The number of nitrogens with one attached hydrogen (secondary N) is 1. The number of benzene rings is 1. The van der Waals surface area contributed by atoms with E-state index >= 15 is 0 Å². The van der Waals surface area contributed by atoms with Crippen LogP contribution in [0, 0.1) is 0 Å². The zero-order chi connectivity index (χ0) is 18.1. The van der Waals surface area contributed by atoms with E-state index in [9.17, 15) is 18.4 Å². The highest BCUT2D eigenvalue weighted by Crippen LogP contribution is 2.15. The number of aliphatic carboxylic acids is 1. The van der Waals surface area contributed by atoms with Gasteiger partial charge in [0.05, 0.1) is 6.54 Å². The minimum absolute atomic E-state index is 0. The number of rotatable bonds is 10. The van der Waals surface area contributed by atoms with Crippen molar-refractivity contribution in [1.29, 1.82) is 0 Å². The fraction of sp³-hybridized carbons (Fsp3) is 0.500. The molecule has 0 saturated carbocycles. The van der Waals surface area contributed by atoms with Crippen molar-refractivity contribution in [1.82, 2.24) is 10.2 Å². The van der Waals surface area contributed by atoms with Crippen LogP contribution in [0.4, 0.5) is 8.78 Å². The van der Waals surface area contributed by atoms with Gasteiger partial charge in [0, 0.05) is 13.6 Å². The Morgan fingerprint density at radius 3 is 2.36 bits per heavy atom. The normalized spacial score (nSPS) is 11.6. The molecule has 1 atom stereocenters. The lowest BCUT2D eigenvalue weighted by atomic mass is 10.1. The summed E-state index contributed by atoms with van der Waals surface area (Å²) in [7, 11) is 1.59. The molecule has 0 aromatic heterocycles. The van der Waals surface area contributed by atoms with E-state index in [1.54, 1.807) is 19.2 Å². The number of carbonyl (C=O) groups is 2. The third-order valence-corrected chi connectivity index (χ3v) is 3.37. The smallest absolute Gasteiger partial charge is 0.387 e. The van der Waals surface area contributed by atoms with Crippen LogP contribution in [0.25, 0.3) is 0 Å². The quantitative estimate of drug-likeness (QED) is 0.652. The maximum absolute atomic E-state index is 12.1. The van der Waals surface area contributed by atoms with Crippen LogP contribution >= 0.6 is 12.4 Å². The van der Waals surface area contributed by atoms with Crippen LogP contribution in [0.15, 0.2) is 24.3 Å². The molecular weight excluding hydrogens is 358 g/mol. The van der Waals surface area contributed by atoms with Gasteiger partial charge in [0.2, 0.25) is 5.91 Å². The molecule has 1 unspecified atom stereocenters. The molecule has 6 nitrogen and oxygen atoms in total. The third-order valence-electron chi connectivity index (χ3n) is 3.37. The molecule has 0 aliphatic carbocycles. The average molecular weight is 381 g/mol. The number of hydrogen-bond donors (Lipinski definition) is 2. The molecule has 0 heterocycles. The first-order valence-electron chi connectivity index (χ1n) is 7.57. The van der Waals surface area contributed by atoms with Crippen molar-refractivity contribution in [3.8, 4) is 5.75 Å². The van der Waals surface area contributed by atoms with Crippen LogP contribution in [0.5, 0.6) is 5.75 Å². The van der Waals surface area contributed by atoms with Gasteiger partial charge in [-0.2, -0.15) is 8.78 Å². The van der Waals surface area contributed by atoms with E-state index in [0.717, 1.165) is 5.56 Å². The Morgan fingerprint density at radius 2 is 1.88 bits per heavy atom. The minimum atomic E-state index is -2.88. The fourth-order valence-electron chi connectivity index (χ4n) is 2.09. The summed E-state index contributed by atoms with van der Waals surface area (Å²) in [4.78, 5) is 24.5. The van der Waals surface area contributed by atoms with E-state index in [0.29, 0.717) is 12.8 Å². The topological polar surface area (TPSA) is 78.9 Å². The van der Waals surface area contributed by atoms with Crippen molar-refractivity contribution in [3.63, 3.8) is 0 Å². The van der Waals surface area contributed by atoms with Crippen LogP contribution in [-0.2, 0) is 16.1 Å². The van der Waals surface area contributed by atoms with Gasteiger partial charge in [-0.25, -0.2) is 0 Å². The third kappa shape index (κ3) is 8.64. The number of alkyl halides is 2. The highest BCUT2D eigenvalue weighted by Gasteiger charge is 2.18. The molecule has 1 aromatic rings. The highest BCUT2D eigenvalue weighted by atomic mass is 35.5. The van der Waals surface area contributed by atoms with Crippen LogP contribution in [0.3, 0.4) is 0 Å². The first kappa shape index (κ1) is 23.1. The van der Waals surface area contributed by atoms with Gasteiger partial charge in [0.1, 0.15) is 11.8 Å². The average Bonchev–Trinajstić information content (AvgIpc) is 2.52. The van der Waals surface area contributed by atoms with E-state index in [2.05, 4.69) is 10.1 Å². The predicted molar refractivity (Wildman–Crippen MR) is 91.1 cm³/mol. The number of hydrogen-bond acceptors (Lipinski definition) is 4. The number of likely N-dealkylation sites (N-methyl/N-ethyl adjacent to an activating group) is 1. The van der Waals surface area contributed by atoms with Crippen molar-refractivity contribution in [2.24, 2.45) is 0 Å². The monoisotopic (exact) mass is 380 g/mol. The van der Waals surface area contributed by atoms with Crippen molar-refractivity contribution < 1.29 is 28.2 Å². The van der Waals surface area contributed by atoms with E-state index in [1.165, 1.54) is 17.0 Å². The number of carboxylic acids is 1. The molecule has 0 aliphatic rings. The van der Waals surface area contributed by atoms with Crippen molar-refractivity contribution >= 4 is 24.3 Å². The zero-order valence-corrected chi connectivity index (χ0v) is 14.9. The van der Waals surface area contributed by atoms with Crippen LogP contribution in [0.2, 0.25) is 0 Å². The van der Waals surface area contributed by atoms with Crippen LogP contribution in [0.1, 0.15) is 25.3 Å². The Morgan fingerprint density at radius 1 is 1.28 bits per heavy atom. The molecule has 0 fully saturated rings. The van der Waals surface area contributed by atoms with Crippen LogP contribution < -0.4 is 10.1 Å². The lowest BCUT2D eigenvalue weighted by molar-refractivity contribution is -0.140. The Bertz CT molecular complexity index is 543. The van der Waals surface area contributed by atoms with Gasteiger partial charge in [-0.1, -0.05) is 25.5 Å². The summed E-state index contributed by atoms with van der Waals surface area (Å²) >= 11 is 0. The first-order chi connectivity index (χ1) is 11.3. The molecule has 1 aromatic carbocycles. The maximum atomic E-state index is 12.1. The summed E-state index contributed by atoms with van der Waals surface area (Å²) in [5.41, 5.74) is 0.746. The van der Waals surface area contributed by atoms with E-state index in [4.69, 9.17) is 5.11 Å². The molecule has 142 valence electrons. The fourth-order valence-corrected chi connectivity index (χ4v) is 2.09. The van der Waals surface area contributed by atoms with Crippen LogP contribution in [-0.4, -0.2) is 48.1 Å². The second kappa shape index (κ2) is 11.6. The summed E-state index contributed by atoms with van der Waals surface area (Å²) < 4.78 is 28.4. The van der Waals surface area contributed by atoms with Gasteiger partial charge >= 0.3 is 12.6 Å². The molecule has 0 saturated heterocycles. The van der Waals surface area contributed by atoms with Crippen molar-refractivity contribution in [2.75, 3.05) is 13.6 Å². The van der Waals surface area contributed by atoms with Gasteiger partial charge in [0.15, 0.2) is 0 Å². The molecule has 25 heavy (non-hydrogen) atoms. The molecule has 9 heteroatoms. The maximum Gasteiger partial charge on any atom is 0.387 e. The summed E-state index contributed by atoms with van der Waals surface area (Å²) in [5.74, 6) is -1.19. The Hall–Kier alpha value is -1.93. The summed E-state index contributed by atoms with van der Waals surface area (Å²) in [6.07, 6.45) is 1.14. The summed E-state index contributed by atoms with van der Waals surface area (Å²) in [5, 5.41) is 11.7. The molecule has 0 bridgehead atoms. The standard InChI is InChI=1S/C16H22F2N2O4.ClH/c1-3-4-13(15(22)23)19-9-14(21)20(2)10-11-5-7-12(8-6-11)24-16(17)18;/h5-8,13,16,19H,3-4,9-10H2,1-2H3,(H,22,23);1H. The number of amides is 1. The Kier molecular flexibility index (Phi) is 10.7. The highest BCUT2D eigenvalue weighted by molar-refractivity contribution is 5.85. The van der Waals surface area contributed by atoms with Gasteiger partial charge in [-0.15, -0.1) is 12.4 Å². The molecule has 0 aliphatic heterocycles. The predicted octanol–water partition coefficient (Wildman–Crippen LogP) is 2.51. The lowest BCUT2D eigenvalue weighted by Gasteiger charge is -2.19. The molecular formula is C16H23ClF2N2O4. The number of carbonyl (C=O) groups excluding carboxylic acids is 1. The van der Waals surface area contributed by atoms with E-state index in [-0.39, 0.29) is 37.2 Å². The summed E-state index contributed by atoms with van der Waals surface area (Å²) in [6.45, 7) is -0.815. The van der Waals surface area contributed by atoms with Gasteiger partial charge in [-0.3, -0.25) is 14.9 Å². The summed E-state index contributed by atoms with van der Waals surface area (Å²) in [6, 6.07) is 5.23. The second-order valence-electron chi connectivity index (χ2n) is 5.33. The van der Waals surface area contributed by atoms with Crippen molar-refractivity contribution in [3.05, 3.63) is 29.8 Å². The largest absolute Gasteiger partial charge is 0.480 e. The number of nitrogens with zero attached hydrogens (tertiary/aromatic N) is 1. The van der Waals surface area contributed by atoms with Crippen molar-refractivity contribution in [2.45, 2.75) is 39.0 Å². The molecule has 1 amide bonds. The number of halogens is 3.